The van der Waals surface area contributed by atoms with Crippen LogP contribution in [-0.2, 0) is 19.1 Å². The molecule has 1 heterocycles. The first-order chi connectivity index (χ1) is 9.82. The van der Waals surface area contributed by atoms with E-state index >= 15 is 0 Å². The van der Waals surface area contributed by atoms with Crippen molar-refractivity contribution in [1.82, 2.24) is 5.32 Å². The van der Waals surface area contributed by atoms with E-state index in [9.17, 15) is 35.9 Å². The number of nitrogens with one attached hydrogen (secondary N) is 1. The van der Waals surface area contributed by atoms with Crippen molar-refractivity contribution in [3.8, 4) is 0 Å². The van der Waals surface area contributed by atoms with Gasteiger partial charge in [-0.25, -0.2) is 4.79 Å². The predicted molar refractivity (Wildman–Crippen MR) is 58.7 cm³/mol. The van der Waals surface area contributed by atoms with Crippen molar-refractivity contribution in [2.45, 2.75) is 49.5 Å². The lowest BCUT2D eigenvalue weighted by atomic mass is 10.00. The quantitative estimate of drug-likeness (QED) is 0.465. The van der Waals surface area contributed by atoms with Gasteiger partial charge in [-0.2, -0.15) is 26.3 Å². The minimum atomic E-state index is -5.34. The largest absolute Gasteiger partial charge is 0.490 e. The van der Waals surface area contributed by atoms with Crippen LogP contribution in [0.3, 0.4) is 0 Å². The third kappa shape index (κ3) is 4.90. The first kappa shape index (κ1) is 18.8. The van der Waals surface area contributed by atoms with Crippen LogP contribution in [-0.4, -0.2) is 48.0 Å². The molecule has 1 aliphatic heterocycles. The van der Waals surface area contributed by atoms with Gasteiger partial charge in [0, 0.05) is 6.42 Å². The van der Waals surface area contributed by atoms with Crippen molar-refractivity contribution < 1.29 is 45.4 Å². The number of hydrogen-bond donors (Lipinski definition) is 1. The minimum Gasteiger partial charge on any atom is -0.451 e. The number of rotatable bonds is 2. The van der Waals surface area contributed by atoms with E-state index in [1.165, 1.54) is 5.32 Å². The first-order valence-corrected chi connectivity index (χ1v) is 6.21. The molecule has 1 fully saturated rings. The first-order valence-electron chi connectivity index (χ1n) is 5.77. The fourth-order valence-electron chi connectivity index (χ4n) is 1.79. The zero-order valence-electron chi connectivity index (χ0n) is 10.8. The number of carbonyl (C=O) groups excluding carboxylic acids is 2. The Morgan fingerprint density at radius 2 is 1.73 bits per heavy atom. The number of amides is 1. The Morgan fingerprint density at radius 3 is 2.18 bits per heavy atom. The summed E-state index contributed by atoms with van der Waals surface area (Å²) in [5, 5.41) is 1.45. The van der Waals surface area contributed by atoms with E-state index in [2.05, 4.69) is 4.74 Å². The molecule has 0 bridgehead atoms. The predicted octanol–water partition coefficient (Wildman–Crippen LogP) is 1.88. The fourth-order valence-corrected chi connectivity index (χ4v) is 2.14. The van der Waals surface area contributed by atoms with Crippen LogP contribution in [0.1, 0.15) is 13.3 Å². The van der Waals surface area contributed by atoms with Crippen molar-refractivity contribution in [2.24, 2.45) is 0 Å². The van der Waals surface area contributed by atoms with Crippen LogP contribution in [0.4, 0.5) is 26.3 Å². The number of carbonyl (C=O) groups is 2. The molecule has 5 nitrogen and oxygen atoms in total. The third-order valence-corrected chi connectivity index (χ3v) is 2.99. The molecule has 1 saturated heterocycles. The van der Waals surface area contributed by atoms with Gasteiger partial charge in [-0.15, -0.1) is 0 Å². The molecule has 0 aromatic heterocycles. The van der Waals surface area contributed by atoms with Gasteiger partial charge in [0.05, 0.1) is 12.1 Å². The van der Waals surface area contributed by atoms with Crippen LogP contribution in [0, 0.1) is 0 Å². The Morgan fingerprint density at radius 1 is 1.18 bits per heavy atom. The van der Waals surface area contributed by atoms with Gasteiger partial charge in [0.1, 0.15) is 11.7 Å². The molecular formula is C10H10ClF6NO4. The Balaban J connectivity index is 2.88. The van der Waals surface area contributed by atoms with Crippen molar-refractivity contribution in [3.63, 3.8) is 0 Å². The van der Waals surface area contributed by atoms with E-state index in [1.54, 1.807) is 0 Å². The fraction of sp³-hybridized carbons (Fsp3) is 0.800. The third-order valence-electron chi connectivity index (χ3n) is 2.71. The summed E-state index contributed by atoms with van der Waals surface area (Å²) in [6.07, 6.45) is -14.1. The lowest BCUT2D eigenvalue weighted by Gasteiger charge is -2.38. The molecule has 0 saturated carbocycles. The summed E-state index contributed by atoms with van der Waals surface area (Å²) in [6, 6.07) is -1.58. The lowest BCUT2D eigenvalue weighted by Crippen LogP contribution is -2.58. The van der Waals surface area contributed by atoms with Gasteiger partial charge in [-0.3, -0.25) is 4.79 Å². The molecule has 1 amide bonds. The van der Waals surface area contributed by atoms with Gasteiger partial charge in [0.25, 0.3) is 0 Å². The van der Waals surface area contributed by atoms with Crippen LogP contribution < -0.4 is 5.32 Å². The molecule has 0 spiro atoms. The molecule has 4 atom stereocenters. The van der Waals surface area contributed by atoms with E-state index in [0.717, 1.165) is 6.92 Å². The summed E-state index contributed by atoms with van der Waals surface area (Å²) in [6.45, 7) is 1.15. The molecule has 12 heteroatoms. The molecule has 0 radical (unpaired) electrons. The topological polar surface area (TPSA) is 64.6 Å². The smallest absolute Gasteiger partial charge is 0.451 e. The highest BCUT2D eigenvalue weighted by atomic mass is 35.5. The molecule has 1 rings (SSSR count). The number of ether oxygens (including phenoxy) is 2. The summed E-state index contributed by atoms with van der Waals surface area (Å²) >= 11 is 5.58. The number of esters is 1. The number of alkyl halides is 7. The van der Waals surface area contributed by atoms with Gasteiger partial charge >= 0.3 is 24.2 Å². The van der Waals surface area contributed by atoms with Gasteiger partial charge in [-0.1, -0.05) is 11.6 Å². The van der Waals surface area contributed by atoms with Gasteiger partial charge in [-0.05, 0) is 6.92 Å². The van der Waals surface area contributed by atoms with Crippen LogP contribution in [0.25, 0.3) is 0 Å². The molecule has 1 aliphatic rings. The summed E-state index contributed by atoms with van der Waals surface area (Å²) in [7, 11) is 0. The van der Waals surface area contributed by atoms with Gasteiger partial charge in [0.2, 0.25) is 0 Å². The minimum absolute atomic E-state index is 0.469. The van der Waals surface area contributed by atoms with Gasteiger partial charge in [0.15, 0.2) is 0 Å². The second kappa shape index (κ2) is 6.49. The van der Waals surface area contributed by atoms with Crippen LogP contribution >= 0.6 is 11.6 Å². The van der Waals surface area contributed by atoms with Crippen molar-refractivity contribution in [3.05, 3.63) is 0 Å². The lowest BCUT2D eigenvalue weighted by molar-refractivity contribution is -0.217. The Bertz CT molecular complexity index is 440. The average molecular weight is 358 g/mol. The molecule has 0 aliphatic carbocycles. The monoisotopic (exact) mass is 357 g/mol. The summed E-state index contributed by atoms with van der Waals surface area (Å²) in [5.74, 6) is -4.99. The van der Waals surface area contributed by atoms with E-state index < -0.39 is 54.5 Å². The highest BCUT2D eigenvalue weighted by molar-refractivity contribution is 6.19. The van der Waals surface area contributed by atoms with Gasteiger partial charge < -0.3 is 14.8 Å². The molecular weight excluding hydrogens is 348 g/mol. The Kier molecular flexibility index (Phi) is 5.55. The molecule has 0 aromatic rings. The van der Waals surface area contributed by atoms with Crippen LogP contribution in [0.15, 0.2) is 0 Å². The SMILES string of the molecule is C[C@@H]1O[C@@H](Cl)C[C@@H](NC(=O)C(F)(F)F)[C@H]1OC(=O)C(F)(F)F. The van der Waals surface area contributed by atoms with Crippen LogP contribution in [0.5, 0.6) is 0 Å². The maximum Gasteiger partial charge on any atom is 0.490 e. The Hall–Kier alpha value is -1.23. The van der Waals surface area contributed by atoms with Crippen molar-refractivity contribution in [1.29, 1.82) is 0 Å². The molecule has 1 N–H and O–H groups in total. The number of hydrogen-bond acceptors (Lipinski definition) is 4. The highest BCUT2D eigenvalue weighted by Crippen LogP contribution is 2.28. The molecule has 22 heavy (non-hydrogen) atoms. The molecule has 0 aromatic carbocycles. The summed E-state index contributed by atoms with van der Waals surface area (Å²) < 4.78 is 82.2. The summed E-state index contributed by atoms with van der Waals surface area (Å²) in [4.78, 5) is 21.7. The van der Waals surface area contributed by atoms with Crippen molar-refractivity contribution >= 4 is 23.5 Å². The molecule has 0 unspecified atom stereocenters. The number of halogens is 7. The zero-order valence-corrected chi connectivity index (χ0v) is 11.6. The maximum atomic E-state index is 12.2. The second-order valence-electron chi connectivity index (χ2n) is 4.43. The Labute approximate surface area is 124 Å². The maximum absolute atomic E-state index is 12.2. The normalized spacial score (nSPS) is 29.8. The second-order valence-corrected chi connectivity index (χ2v) is 4.92. The standard InChI is InChI=1S/C10H10ClF6NO4/c1-3-6(22-8(20)10(15,16)17)4(2-5(11)21-3)18-7(19)9(12,13)14/h3-6H,2H2,1H3,(H,18,19)/t3-,4+,5+,6-/m0/s1. The highest BCUT2D eigenvalue weighted by Gasteiger charge is 2.48. The molecule has 128 valence electrons. The van der Waals surface area contributed by atoms with Crippen LogP contribution in [0.2, 0.25) is 0 Å². The van der Waals surface area contributed by atoms with Crippen molar-refractivity contribution in [2.75, 3.05) is 0 Å². The summed E-state index contributed by atoms with van der Waals surface area (Å²) in [5.41, 5.74) is -1.16. The van der Waals surface area contributed by atoms with E-state index in [-0.39, 0.29) is 0 Å². The average Bonchev–Trinajstić information content (AvgIpc) is 2.30. The van der Waals surface area contributed by atoms with E-state index in [1.807, 2.05) is 0 Å². The van der Waals surface area contributed by atoms with E-state index in [4.69, 9.17) is 16.3 Å². The van der Waals surface area contributed by atoms with E-state index in [0.29, 0.717) is 0 Å². The zero-order chi connectivity index (χ0) is 17.3.